The highest BCUT2D eigenvalue weighted by Crippen LogP contribution is 2.27. The molecule has 0 fully saturated rings. The minimum atomic E-state index is -0.253. The normalized spacial score (nSPS) is 11.8. The van der Waals surface area contributed by atoms with Crippen molar-refractivity contribution in [3.8, 4) is 16.9 Å². The van der Waals surface area contributed by atoms with Crippen LogP contribution in [0.15, 0.2) is 71.3 Å². The molecular formula is C20H19NO3. The minimum Gasteiger partial charge on any atom is -0.496 e. The SMILES string of the molecule is COc1ccccc1C(C)NC(=O)c1occc1-c1ccccc1. The van der Waals surface area contributed by atoms with E-state index in [2.05, 4.69) is 5.32 Å². The molecule has 0 saturated carbocycles. The van der Waals surface area contributed by atoms with Gasteiger partial charge in [0, 0.05) is 11.1 Å². The average Bonchev–Trinajstić information content (AvgIpc) is 3.12. The zero-order valence-electron chi connectivity index (χ0n) is 13.7. The first-order valence-electron chi connectivity index (χ1n) is 7.77. The summed E-state index contributed by atoms with van der Waals surface area (Å²) in [7, 11) is 1.62. The summed E-state index contributed by atoms with van der Waals surface area (Å²) in [6.07, 6.45) is 1.53. The van der Waals surface area contributed by atoms with Crippen LogP contribution in [0.1, 0.15) is 29.1 Å². The van der Waals surface area contributed by atoms with E-state index in [-0.39, 0.29) is 11.9 Å². The molecule has 1 atom stereocenters. The van der Waals surface area contributed by atoms with Gasteiger partial charge in [0.15, 0.2) is 5.76 Å². The number of nitrogens with one attached hydrogen (secondary N) is 1. The summed E-state index contributed by atoms with van der Waals surface area (Å²) in [5, 5.41) is 2.97. The van der Waals surface area contributed by atoms with Gasteiger partial charge in [-0.1, -0.05) is 48.5 Å². The fourth-order valence-corrected chi connectivity index (χ4v) is 2.69. The van der Waals surface area contributed by atoms with Crippen LogP contribution in [0.3, 0.4) is 0 Å². The number of carbonyl (C=O) groups excluding carboxylic acids is 1. The van der Waals surface area contributed by atoms with Crippen LogP contribution in [0.25, 0.3) is 11.1 Å². The summed E-state index contributed by atoms with van der Waals surface area (Å²) in [4.78, 5) is 12.6. The van der Waals surface area contributed by atoms with Gasteiger partial charge in [0.25, 0.3) is 5.91 Å². The number of benzene rings is 2. The second-order valence-corrected chi connectivity index (χ2v) is 5.47. The van der Waals surface area contributed by atoms with Crippen molar-refractivity contribution in [2.75, 3.05) is 7.11 Å². The molecule has 1 aromatic heterocycles. The summed E-state index contributed by atoms with van der Waals surface area (Å²) in [5.41, 5.74) is 2.64. The van der Waals surface area contributed by atoms with Crippen LogP contribution in [0.5, 0.6) is 5.75 Å². The first-order valence-corrected chi connectivity index (χ1v) is 7.77. The lowest BCUT2D eigenvalue weighted by atomic mass is 10.0. The summed E-state index contributed by atoms with van der Waals surface area (Å²) in [6.45, 7) is 1.92. The number of hydrogen-bond donors (Lipinski definition) is 1. The molecule has 0 aliphatic heterocycles. The summed E-state index contributed by atoms with van der Waals surface area (Å²) < 4.78 is 10.8. The van der Waals surface area contributed by atoms with Crippen molar-refractivity contribution in [2.24, 2.45) is 0 Å². The van der Waals surface area contributed by atoms with Crippen molar-refractivity contribution in [1.29, 1.82) is 0 Å². The molecule has 3 rings (SSSR count). The first-order chi connectivity index (χ1) is 11.7. The van der Waals surface area contributed by atoms with E-state index in [1.807, 2.05) is 61.5 Å². The number of furan rings is 1. The van der Waals surface area contributed by atoms with E-state index in [0.717, 1.165) is 22.4 Å². The number of hydrogen-bond acceptors (Lipinski definition) is 3. The Morgan fingerprint density at radius 3 is 2.50 bits per heavy atom. The fraction of sp³-hybridized carbons (Fsp3) is 0.150. The van der Waals surface area contributed by atoms with Crippen LogP contribution in [0.4, 0.5) is 0 Å². The zero-order chi connectivity index (χ0) is 16.9. The van der Waals surface area contributed by atoms with Gasteiger partial charge < -0.3 is 14.5 Å². The van der Waals surface area contributed by atoms with E-state index in [1.54, 1.807) is 13.2 Å². The molecule has 2 aromatic carbocycles. The second-order valence-electron chi connectivity index (χ2n) is 5.47. The Kier molecular flexibility index (Phi) is 4.66. The Balaban J connectivity index is 1.82. The van der Waals surface area contributed by atoms with Gasteiger partial charge in [-0.3, -0.25) is 4.79 Å². The molecule has 0 spiro atoms. The molecule has 0 saturated heterocycles. The van der Waals surface area contributed by atoms with Gasteiger partial charge >= 0.3 is 0 Å². The first kappa shape index (κ1) is 15.9. The maximum atomic E-state index is 12.6. The molecule has 0 aliphatic rings. The molecule has 1 unspecified atom stereocenters. The third kappa shape index (κ3) is 3.18. The van der Waals surface area contributed by atoms with Crippen molar-refractivity contribution in [3.05, 3.63) is 78.3 Å². The monoisotopic (exact) mass is 321 g/mol. The Bertz CT molecular complexity index is 824. The molecule has 3 aromatic rings. The molecular weight excluding hydrogens is 302 g/mol. The van der Waals surface area contributed by atoms with E-state index >= 15 is 0 Å². The maximum Gasteiger partial charge on any atom is 0.288 e. The molecule has 1 N–H and O–H groups in total. The van der Waals surface area contributed by atoms with Crippen molar-refractivity contribution in [1.82, 2.24) is 5.32 Å². The molecule has 0 bridgehead atoms. The number of amides is 1. The fourth-order valence-electron chi connectivity index (χ4n) is 2.69. The molecule has 24 heavy (non-hydrogen) atoms. The maximum absolute atomic E-state index is 12.6. The van der Waals surface area contributed by atoms with Gasteiger partial charge in [0.2, 0.25) is 0 Å². The van der Waals surface area contributed by atoms with Gasteiger partial charge in [-0.2, -0.15) is 0 Å². The summed E-state index contributed by atoms with van der Waals surface area (Å²) in [6, 6.07) is 18.9. The number of carbonyl (C=O) groups is 1. The Hall–Kier alpha value is -3.01. The molecule has 1 heterocycles. The van der Waals surface area contributed by atoms with Crippen molar-refractivity contribution >= 4 is 5.91 Å². The quantitative estimate of drug-likeness (QED) is 0.755. The van der Waals surface area contributed by atoms with Crippen molar-refractivity contribution in [3.63, 3.8) is 0 Å². The van der Waals surface area contributed by atoms with Gasteiger partial charge in [-0.25, -0.2) is 0 Å². The zero-order valence-corrected chi connectivity index (χ0v) is 13.7. The van der Waals surface area contributed by atoms with Crippen molar-refractivity contribution in [2.45, 2.75) is 13.0 Å². The number of ether oxygens (including phenoxy) is 1. The average molecular weight is 321 g/mol. The predicted molar refractivity (Wildman–Crippen MR) is 93.0 cm³/mol. The molecule has 0 aliphatic carbocycles. The third-order valence-corrected chi connectivity index (χ3v) is 3.91. The molecule has 0 radical (unpaired) electrons. The Morgan fingerprint density at radius 1 is 1.04 bits per heavy atom. The summed E-state index contributed by atoms with van der Waals surface area (Å²) in [5.74, 6) is 0.799. The van der Waals surface area contributed by atoms with E-state index in [9.17, 15) is 4.79 Å². The number of rotatable bonds is 5. The Morgan fingerprint density at radius 2 is 1.75 bits per heavy atom. The smallest absolute Gasteiger partial charge is 0.288 e. The summed E-state index contributed by atoms with van der Waals surface area (Å²) >= 11 is 0. The third-order valence-electron chi connectivity index (χ3n) is 3.91. The van der Waals surface area contributed by atoms with Gasteiger partial charge in [-0.05, 0) is 24.6 Å². The number of para-hydroxylation sites is 1. The standard InChI is InChI=1S/C20H19NO3/c1-14(16-10-6-7-11-18(16)23-2)21-20(22)19-17(12-13-24-19)15-8-4-3-5-9-15/h3-14H,1-2H3,(H,21,22). The highest BCUT2D eigenvalue weighted by molar-refractivity contribution is 5.98. The van der Waals surface area contributed by atoms with E-state index in [0.29, 0.717) is 5.76 Å². The predicted octanol–water partition coefficient (Wildman–Crippen LogP) is 4.45. The van der Waals surface area contributed by atoms with E-state index < -0.39 is 0 Å². The van der Waals surface area contributed by atoms with Gasteiger partial charge in [0.05, 0.1) is 19.4 Å². The van der Waals surface area contributed by atoms with E-state index in [1.165, 1.54) is 6.26 Å². The molecule has 1 amide bonds. The number of methoxy groups -OCH3 is 1. The van der Waals surface area contributed by atoms with Crippen LogP contribution in [-0.2, 0) is 0 Å². The lowest BCUT2D eigenvalue weighted by Crippen LogP contribution is -2.27. The van der Waals surface area contributed by atoms with Gasteiger partial charge in [-0.15, -0.1) is 0 Å². The van der Waals surface area contributed by atoms with Crippen molar-refractivity contribution < 1.29 is 13.9 Å². The van der Waals surface area contributed by atoms with Gasteiger partial charge in [0.1, 0.15) is 5.75 Å². The van der Waals surface area contributed by atoms with E-state index in [4.69, 9.17) is 9.15 Å². The second kappa shape index (κ2) is 7.04. The largest absolute Gasteiger partial charge is 0.496 e. The molecule has 4 heteroatoms. The van der Waals surface area contributed by atoms with Crippen LogP contribution in [0.2, 0.25) is 0 Å². The highest BCUT2D eigenvalue weighted by atomic mass is 16.5. The van der Waals surface area contributed by atoms with Crippen LogP contribution < -0.4 is 10.1 Å². The molecule has 4 nitrogen and oxygen atoms in total. The molecule has 122 valence electrons. The highest BCUT2D eigenvalue weighted by Gasteiger charge is 2.20. The van der Waals surface area contributed by atoms with Crippen LogP contribution >= 0.6 is 0 Å². The minimum absolute atomic E-state index is 0.206. The lowest BCUT2D eigenvalue weighted by molar-refractivity contribution is 0.0912. The van der Waals surface area contributed by atoms with Crippen LogP contribution in [-0.4, -0.2) is 13.0 Å². The van der Waals surface area contributed by atoms with Crippen LogP contribution in [0, 0.1) is 0 Å². The Labute approximate surface area is 141 Å². The topological polar surface area (TPSA) is 51.5 Å². The lowest BCUT2D eigenvalue weighted by Gasteiger charge is -2.17.